The quantitative estimate of drug-likeness (QED) is 0.634. The Morgan fingerprint density at radius 1 is 1.33 bits per heavy atom. The molecule has 1 aromatic rings. The first-order valence-corrected chi connectivity index (χ1v) is 5.63. The second-order valence-electron chi connectivity index (χ2n) is 3.77. The number of hydrogen-bond donors (Lipinski definition) is 2. The fraction of sp³-hybridized carbons (Fsp3) is 0.727. The van der Waals surface area contributed by atoms with E-state index in [2.05, 4.69) is 21.1 Å². The summed E-state index contributed by atoms with van der Waals surface area (Å²) in [5.74, 6) is 0. The summed E-state index contributed by atoms with van der Waals surface area (Å²) in [4.78, 5) is 4.28. The first-order valence-electron chi connectivity index (χ1n) is 5.63. The molecule has 0 unspecified atom stereocenters. The van der Waals surface area contributed by atoms with E-state index in [1.54, 1.807) is 0 Å². The van der Waals surface area contributed by atoms with Gasteiger partial charge in [-0.05, 0) is 19.9 Å². The molecule has 0 spiro atoms. The van der Waals surface area contributed by atoms with Crippen LogP contribution in [0.4, 0.5) is 0 Å². The zero-order valence-electron chi connectivity index (χ0n) is 9.45. The van der Waals surface area contributed by atoms with Crippen molar-refractivity contribution in [1.29, 1.82) is 0 Å². The van der Waals surface area contributed by atoms with Gasteiger partial charge in [-0.1, -0.05) is 12.8 Å². The maximum Gasteiger partial charge on any atom is 0.0949 e. The molecule has 0 bridgehead atoms. The summed E-state index contributed by atoms with van der Waals surface area (Å²) in [6.07, 6.45) is 8.36. The minimum Gasteiger partial charge on any atom is -0.396 e. The van der Waals surface area contributed by atoms with Crippen LogP contribution in [-0.4, -0.2) is 28.3 Å². The maximum atomic E-state index is 8.62. The summed E-state index contributed by atoms with van der Waals surface area (Å²) < 4.78 is 2.13. The molecule has 0 aliphatic carbocycles. The lowest BCUT2D eigenvalue weighted by atomic mass is 10.2. The normalized spacial score (nSPS) is 10.8. The van der Waals surface area contributed by atoms with Crippen LogP contribution >= 0.6 is 0 Å². The van der Waals surface area contributed by atoms with Gasteiger partial charge in [0.25, 0.3) is 0 Å². The van der Waals surface area contributed by atoms with Gasteiger partial charge in [0, 0.05) is 25.9 Å². The van der Waals surface area contributed by atoms with Crippen LogP contribution in [0, 0.1) is 0 Å². The minimum absolute atomic E-state index is 0.317. The first kappa shape index (κ1) is 12.2. The van der Waals surface area contributed by atoms with Crippen molar-refractivity contribution in [1.82, 2.24) is 14.9 Å². The average Bonchev–Trinajstić information content (AvgIpc) is 2.66. The number of aryl methyl sites for hydroxylation is 1. The van der Waals surface area contributed by atoms with Crippen molar-refractivity contribution in [2.24, 2.45) is 0 Å². The van der Waals surface area contributed by atoms with E-state index in [1.165, 1.54) is 6.42 Å². The second-order valence-corrected chi connectivity index (χ2v) is 3.77. The van der Waals surface area contributed by atoms with Crippen LogP contribution < -0.4 is 5.32 Å². The Labute approximate surface area is 91.3 Å². The number of aromatic nitrogens is 2. The molecule has 0 aliphatic rings. The van der Waals surface area contributed by atoms with E-state index in [0.717, 1.165) is 38.0 Å². The van der Waals surface area contributed by atoms with Gasteiger partial charge < -0.3 is 15.0 Å². The van der Waals surface area contributed by atoms with Gasteiger partial charge in [-0.25, -0.2) is 4.98 Å². The lowest BCUT2D eigenvalue weighted by Crippen LogP contribution is -2.05. The monoisotopic (exact) mass is 211 g/mol. The van der Waals surface area contributed by atoms with Crippen molar-refractivity contribution in [2.45, 2.75) is 38.8 Å². The van der Waals surface area contributed by atoms with Crippen molar-refractivity contribution in [2.75, 3.05) is 13.7 Å². The van der Waals surface area contributed by atoms with Crippen LogP contribution in [0.5, 0.6) is 0 Å². The number of hydrogen-bond acceptors (Lipinski definition) is 3. The third-order valence-electron chi connectivity index (χ3n) is 2.37. The molecule has 0 aliphatic heterocycles. The molecule has 86 valence electrons. The predicted octanol–water partition coefficient (Wildman–Crippen LogP) is 1.16. The number of imidazole rings is 1. The molecular weight excluding hydrogens is 190 g/mol. The van der Waals surface area contributed by atoms with Crippen molar-refractivity contribution in [3.63, 3.8) is 0 Å². The zero-order chi connectivity index (χ0) is 10.9. The molecule has 0 radical (unpaired) electrons. The SMILES string of the molecule is CNCc1cn(CCCCCCO)cn1. The van der Waals surface area contributed by atoms with Crippen LogP contribution in [0.1, 0.15) is 31.4 Å². The van der Waals surface area contributed by atoms with E-state index in [1.807, 2.05) is 13.4 Å². The molecule has 0 aromatic carbocycles. The molecule has 2 N–H and O–H groups in total. The highest BCUT2D eigenvalue weighted by atomic mass is 16.2. The molecule has 1 rings (SSSR count). The lowest BCUT2D eigenvalue weighted by Gasteiger charge is -2.01. The second kappa shape index (κ2) is 7.43. The van der Waals surface area contributed by atoms with E-state index in [-0.39, 0.29) is 0 Å². The summed E-state index contributed by atoms with van der Waals surface area (Å²) in [6, 6.07) is 0. The van der Waals surface area contributed by atoms with Crippen molar-refractivity contribution in [3.05, 3.63) is 18.2 Å². The van der Waals surface area contributed by atoms with Crippen molar-refractivity contribution in [3.8, 4) is 0 Å². The van der Waals surface area contributed by atoms with E-state index in [0.29, 0.717) is 6.61 Å². The molecule has 4 nitrogen and oxygen atoms in total. The Bertz CT molecular complexity index is 260. The molecule has 0 fully saturated rings. The summed E-state index contributed by atoms with van der Waals surface area (Å²) >= 11 is 0. The molecular formula is C11H21N3O. The Balaban J connectivity index is 2.14. The molecule has 0 atom stereocenters. The van der Waals surface area contributed by atoms with E-state index in [4.69, 9.17) is 5.11 Å². The van der Waals surface area contributed by atoms with Gasteiger partial charge in [-0.3, -0.25) is 0 Å². The number of nitrogens with zero attached hydrogens (tertiary/aromatic N) is 2. The standard InChI is InChI=1S/C11H21N3O/c1-12-8-11-9-14(10-13-11)6-4-2-3-5-7-15/h9-10,12,15H,2-8H2,1H3. The Morgan fingerprint density at radius 2 is 2.13 bits per heavy atom. The smallest absolute Gasteiger partial charge is 0.0949 e. The van der Waals surface area contributed by atoms with Crippen LogP contribution in [0.2, 0.25) is 0 Å². The largest absolute Gasteiger partial charge is 0.396 e. The van der Waals surface area contributed by atoms with Gasteiger partial charge in [0.2, 0.25) is 0 Å². The van der Waals surface area contributed by atoms with Gasteiger partial charge in [-0.2, -0.15) is 0 Å². The number of unbranched alkanes of at least 4 members (excludes halogenated alkanes) is 3. The van der Waals surface area contributed by atoms with Gasteiger partial charge in [0.15, 0.2) is 0 Å². The van der Waals surface area contributed by atoms with Crippen molar-refractivity contribution < 1.29 is 5.11 Å². The molecule has 0 amide bonds. The highest BCUT2D eigenvalue weighted by molar-refractivity contribution is 4.95. The van der Waals surface area contributed by atoms with Gasteiger partial charge in [-0.15, -0.1) is 0 Å². The third-order valence-corrected chi connectivity index (χ3v) is 2.37. The Hall–Kier alpha value is -0.870. The van der Waals surface area contributed by atoms with Gasteiger partial charge in [0.05, 0.1) is 12.0 Å². The number of aliphatic hydroxyl groups excluding tert-OH is 1. The molecule has 0 saturated heterocycles. The molecule has 1 aromatic heterocycles. The zero-order valence-corrected chi connectivity index (χ0v) is 9.45. The first-order chi connectivity index (χ1) is 7.36. The third kappa shape index (κ3) is 4.95. The summed E-state index contributed by atoms with van der Waals surface area (Å²) in [7, 11) is 1.92. The van der Waals surface area contributed by atoms with Crippen LogP contribution in [0.25, 0.3) is 0 Å². The predicted molar refractivity (Wildman–Crippen MR) is 60.5 cm³/mol. The van der Waals surface area contributed by atoms with Crippen LogP contribution in [-0.2, 0) is 13.1 Å². The van der Waals surface area contributed by atoms with E-state index >= 15 is 0 Å². The summed E-state index contributed by atoms with van der Waals surface area (Å²) in [6.45, 7) is 2.18. The highest BCUT2D eigenvalue weighted by Crippen LogP contribution is 2.03. The summed E-state index contributed by atoms with van der Waals surface area (Å²) in [5, 5.41) is 11.7. The number of nitrogens with one attached hydrogen (secondary N) is 1. The molecule has 0 saturated carbocycles. The highest BCUT2D eigenvalue weighted by Gasteiger charge is 1.97. The van der Waals surface area contributed by atoms with Crippen molar-refractivity contribution >= 4 is 0 Å². The molecule has 4 heteroatoms. The maximum absolute atomic E-state index is 8.62. The Morgan fingerprint density at radius 3 is 2.87 bits per heavy atom. The lowest BCUT2D eigenvalue weighted by molar-refractivity contribution is 0.282. The average molecular weight is 211 g/mol. The Kier molecular flexibility index (Phi) is 6.04. The number of aliphatic hydroxyl groups is 1. The topological polar surface area (TPSA) is 50.1 Å². The minimum atomic E-state index is 0.317. The fourth-order valence-corrected chi connectivity index (χ4v) is 1.56. The fourth-order valence-electron chi connectivity index (χ4n) is 1.56. The molecule has 1 heterocycles. The molecule has 15 heavy (non-hydrogen) atoms. The van der Waals surface area contributed by atoms with E-state index in [9.17, 15) is 0 Å². The van der Waals surface area contributed by atoms with Gasteiger partial charge >= 0.3 is 0 Å². The summed E-state index contributed by atoms with van der Waals surface area (Å²) in [5.41, 5.74) is 1.09. The van der Waals surface area contributed by atoms with Gasteiger partial charge in [0.1, 0.15) is 0 Å². The van der Waals surface area contributed by atoms with Crippen LogP contribution in [0.15, 0.2) is 12.5 Å². The van der Waals surface area contributed by atoms with Crippen LogP contribution in [0.3, 0.4) is 0 Å². The number of rotatable bonds is 8. The van der Waals surface area contributed by atoms with E-state index < -0.39 is 0 Å².